The number of nitrogens with one attached hydrogen (secondary N) is 2. The Hall–Kier alpha value is -0.750. The predicted octanol–water partition coefficient (Wildman–Crippen LogP) is 1.83. The lowest BCUT2D eigenvalue weighted by molar-refractivity contribution is -0.121. The predicted molar refractivity (Wildman–Crippen MR) is 95.4 cm³/mol. The van der Waals surface area contributed by atoms with Gasteiger partial charge in [0.1, 0.15) is 0 Å². The molecule has 0 unspecified atom stereocenters. The van der Waals surface area contributed by atoms with E-state index in [1.54, 1.807) is 0 Å². The Morgan fingerprint density at radius 1 is 0.864 bits per heavy atom. The summed E-state index contributed by atoms with van der Waals surface area (Å²) >= 11 is 4.24. The Morgan fingerprint density at radius 3 is 1.68 bits per heavy atom. The van der Waals surface area contributed by atoms with Gasteiger partial charge in [0.05, 0.1) is 0 Å². The number of nitrogens with zero attached hydrogens (tertiary/aromatic N) is 1. The number of thiol groups is 1. The summed E-state index contributed by atoms with van der Waals surface area (Å²) in [5.74, 6) is 0.907. The van der Waals surface area contributed by atoms with Gasteiger partial charge in [-0.05, 0) is 12.8 Å². The van der Waals surface area contributed by atoms with Gasteiger partial charge in [-0.15, -0.1) is 0 Å². The van der Waals surface area contributed by atoms with Crippen molar-refractivity contribution in [2.45, 2.75) is 52.4 Å². The van der Waals surface area contributed by atoms with Gasteiger partial charge >= 0.3 is 0 Å². The third-order valence-electron chi connectivity index (χ3n) is 3.43. The first-order valence-electron chi connectivity index (χ1n) is 8.50. The topological polar surface area (TPSA) is 61.4 Å². The van der Waals surface area contributed by atoms with E-state index in [-0.39, 0.29) is 11.8 Å². The zero-order valence-corrected chi connectivity index (χ0v) is 15.1. The third kappa shape index (κ3) is 13.0. The second kappa shape index (κ2) is 15.2. The molecular weight excluding hydrogens is 298 g/mol. The van der Waals surface area contributed by atoms with Crippen LogP contribution in [0, 0.1) is 0 Å². The van der Waals surface area contributed by atoms with Crippen molar-refractivity contribution in [3.8, 4) is 0 Å². The van der Waals surface area contributed by atoms with Crippen molar-refractivity contribution < 1.29 is 9.59 Å². The smallest absolute Gasteiger partial charge is 0.221 e. The summed E-state index contributed by atoms with van der Waals surface area (Å²) in [4.78, 5) is 25.5. The zero-order chi connectivity index (χ0) is 16.6. The third-order valence-corrected chi connectivity index (χ3v) is 3.63. The van der Waals surface area contributed by atoms with Crippen LogP contribution in [0.2, 0.25) is 0 Å². The summed E-state index contributed by atoms with van der Waals surface area (Å²) in [5.41, 5.74) is 0. The van der Waals surface area contributed by atoms with Gasteiger partial charge in [-0.3, -0.25) is 9.59 Å². The fourth-order valence-corrected chi connectivity index (χ4v) is 2.26. The van der Waals surface area contributed by atoms with Crippen LogP contribution in [0.15, 0.2) is 0 Å². The molecule has 0 aliphatic rings. The van der Waals surface area contributed by atoms with Gasteiger partial charge in [-0.25, -0.2) is 0 Å². The molecule has 0 heterocycles. The lowest BCUT2D eigenvalue weighted by Gasteiger charge is -2.21. The number of hydrogen-bond acceptors (Lipinski definition) is 4. The maximum absolute atomic E-state index is 11.7. The fourth-order valence-electron chi connectivity index (χ4n) is 1.98. The summed E-state index contributed by atoms with van der Waals surface area (Å²) in [5, 5.41) is 5.83. The van der Waals surface area contributed by atoms with Gasteiger partial charge in [-0.2, -0.15) is 12.6 Å². The summed E-state index contributed by atoms with van der Waals surface area (Å²) < 4.78 is 0. The monoisotopic (exact) mass is 331 g/mol. The molecule has 0 atom stereocenters. The standard InChI is InChI=1S/C16H33N3O2S/c1-3-5-9-17-15(20)7-11-19(13-14-22)12-8-16(21)18-10-6-4-2/h22H,3-14H2,1-2H3,(H,17,20)(H,18,21). The molecule has 22 heavy (non-hydrogen) atoms. The molecule has 130 valence electrons. The highest BCUT2D eigenvalue weighted by atomic mass is 32.1. The van der Waals surface area contributed by atoms with Crippen molar-refractivity contribution in [3.05, 3.63) is 0 Å². The zero-order valence-electron chi connectivity index (χ0n) is 14.2. The van der Waals surface area contributed by atoms with E-state index < -0.39 is 0 Å². The van der Waals surface area contributed by atoms with Crippen molar-refractivity contribution in [3.63, 3.8) is 0 Å². The van der Waals surface area contributed by atoms with Crippen LogP contribution < -0.4 is 10.6 Å². The molecule has 0 aromatic rings. The quantitative estimate of drug-likeness (QED) is 0.336. The van der Waals surface area contributed by atoms with Crippen molar-refractivity contribution in [1.29, 1.82) is 0 Å². The number of amides is 2. The van der Waals surface area contributed by atoms with E-state index in [1.807, 2.05) is 0 Å². The van der Waals surface area contributed by atoms with Crippen molar-refractivity contribution in [1.82, 2.24) is 15.5 Å². The Labute approximate surface area is 141 Å². The number of rotatable bonds is 14. The van der Waals surface area contributed by atoms with Crippen LogP contribution in [0.25, 0.3) is 0 Å². The normalized spacial score (nSPS) is 10.7. The Bertz CT molecular complexity index is 275. The van der Waals surface area contributed by atoms with E-state index in [0.717, 1.165) is 51.1 Å². The number of carbonyl (C=O) groups excluding carboxylic acids is 2. The molecule has 0 bridgehead atoms. The molecule has 0 saturated heterocycles. The van der Waals surface area contributed by atoms with E-state index in [4.69, 9.17) is 0 Å². The van der Waals surface area contributed by atoms with Gasteiger partial charge in [0.2, 0.25) is 11.8 Å². The molecule has 0 radical (unpaired) electrons. The minimum absolute atomic E-state index is 0.0880. The van der Waals surface area contributed by atoms with Crippen molar-refractivity contribution >= 4 is 24.4 Å². The first kappa shape index (κ1) is 21.2. The maximum atomic E-state index is 11.7. The van der Waals surface area contributed by atoms with Gasteiger partial charge in [0, 0.05) is 51.3 Å². The maximum Gasteiger partial charge on any atom is 0.221 e. The highest BCUT2D eigenvalue weighted by Crippen LogP contribution is 1.97. The van der Waals surface area contributed by atoms with E-state index in [0.29, 0.717) is 25.9 Å². The van der Waals surface area contributed by atoms with Crippen LogP contribution in [-0.4, -0.2) is 55.2 Å². The average Bonchev–Trinajstić information content (AvgIpc) is 2.50. The van der Waals surface area contributed by atoms with E-state index >= 15 is 0 Å². The number of hydrogen-bond donors (Lipinski definition) is 3. The minimum Gasteiger partial charge on any atom is -0.356 e. The van der Waals surface area contributed by atoms with Gasteiger partial charge in [0.15, 0.2) is 0 Å². The fraction of sp³-hybridized carbons (Fsp3) is 0.875. The Kier molecular flexibility index (Phi) is 14.6. The van der Waals surface area contributed by atoms with Crippen LogP contribution in [0.4, 0.5) is 0 Å². The van der Waals surface area contributed by atoms with Crippen LogP contribution >= 0.6 is 12.6 Å². The number of carbonyl (C=O) groups is 2. The molecule has 0 fully saturated rings. The molecule has 0 aromatic carbocycles. The van der Waals surface area contributed by atoms with Crippen LogP contribution in [0.1, 0.15) is 52.4 Å². The van der Waals surface area contributed by atoms with Crippen molar-refractivity contribution in [2.24, 2.45) is 0 Å². The van der Waals surface area contributed by atoms with E-state index in [2.05, 4.69) is 42.0 Å². The molecule has 0 aromatic heterocycles. The molecule has 0 aliphatic carbocycles. The lowest BCUT2D eigenvalue weighted by Crippen LogP contribution is -2.35. The van der Waals surface area contributed by atoms with Gasteiger partial charge in [-0.1, -0.05) is 26.7 Å². The van der Waals surface area contributed by atoms with E-state index in [9.17, 15) is 9.59 Å². The van der Waals surface area contributed by atoms with Gasteiger partial charge < -0.3 is 15.5 Å². The Morgan fingerprint density at radius 2 is 1.32 bits per heavy atom. The Balaban J connectivity index is 3.89. The largest absolute Gasteiger partial charge is 0.356 e. The molecule has 0 saturated carbocycles. The molecule has 5 nitrogen and oxygen atoms in total. The highest BCUT2D eigenvalue weighted by Gasteiger charge is 2.09. The minimum atomic E-state index is 0.0880. The van der Waals surface area contributed by atoms with Gasteiger partial charge in [0.25, 0.3) is 0 Å². The summed E-state index contributed by atoms with van der Waals surface area (Å²) in [6.07, 6.45) is 5.16. The molecular formula is C16H33N3O2S. The molecule has 0 rings (SSSR count). The molecule has 2 N–H and O–H groups in total. The second-order valence-corrected chi connectivity index (χ2v) is 5.92. The van der Waals surface area contributed by atoms with E-state index in [1.165, 1.54) is 0 Å². The SMILES string of the molecule is CCCCNC(=O)CCN(CCS)CCC(=O)NCCCC. The second-order valence-electron chi connectivity index (χ2n) is 5.47. The molecule has 2 amide bonds. The lowest BCUT2D eigenvalue weighted by atomic mass is 10.3. The number of unbranched alkanes of at least 4 members (excludes halogenated alkanes) is 2. The first-order chi connectivity index (χ1) is 10.6. The molecule has 0 spiro atoms. The van der Waals surface area contributed by atoms with Crippen LogP contribution in [0.3, 0.4) is 0 Å². The summed E-state index contributed by atoms with van der Waals surface area (Å²) in [6.45, 7) is 7.87. The average molecular weight is 332 g/mol. The molecule has 6 heteroatoms. The first-order valence-corrected chi connectivity index (χ1v) is 9.13. The van der Waals surface area contributed by atoms with Crippen LogP contribution in [-0.2, 0) is 9.59 Å². The summed E-state index contributed by atoms with van der Waals surface area (Å²) in [7, 11) is 0. The van der Waals surface area contributed by atoms with Crippen molar-refractivity contribution in [2.75, 3.05) is 38.5 Å². The highest BCUT2D eigenvalue weighted by molar-refractivity contribution is 7.80. The summed E-state index contributed by atoms with van der Waals surface area (Å²) in [6, 6.07) is 0. The van der Waals surface area contributed by atoms with Crippen LogP contribution in [0.5, 0.6) is 0 Å². The molecule has 0 aliphatic heterocycles.